The monoisotopic (exact) mass is 454 g/mol. The van der Waals surface area contributed by atoms with Gasteiger partial charge in [0, 0.05) is 37.3 Å². The van der Waals surface area contributed by atoms with Crippen molar-refractivity contribution in [1.82, 2.24) is 9.80 Å². The fraction of sp³-hybridized carbons (Fsp3) is 0.333. The second kappa shape index (κ2) is 8.58. The molecule has 32 heavy (non-hydrogen) atoms. The summed E-state index contributed by atoms with van der Waals surface area (Å²) in [7, 11) is 1.54. The van der Waals surface area contributed by atoms with Gasteiger partial charge in [0.15, 0.2) is 5.43 Å². The van der Waals surface area contributed by atoms with E-state index in [0.29, 0.717) is 53.6 Å². The van der Waals surface area contributed by atoms with Crippen molar-refractivity contribution < 1.29 is 18.7 Å². The molecule has 0 saturated carbocycles. The number of nitrogens with zero attached hydrogens (tertiary/aromatic N) is 2. The van der Waals surface area contributed by atoms with Crippen LogP contribution >= 0.6 is 11.6 Å². The highest BCUT2D eigenvalue weighted by Crippen LogP contribution is 2.39. The maximum atomic E-state index is 13.5. The molecule has 0 bridgehead atoms. The van der Waals surface area contributed by atoms with Gasteiger partial charge in [-0.15, -0.1) is 0 Å². The van der Waals surface area contributed by atoms with Crippen LogP contribution in [0, 0.1) is 0 Å². The fourth-order valence-corrected chi connectivity index (χ4v) is 4.65. The summed E-state index contributed by atoms with van der Waals surface area (Å²) in [6.07, 6.45) is 0. The molecule has 1 aromatic heterocycles. The Morgan fingerprint density at radius 3 is 2.66 bits per heavy atom. The van der Waals surface area contributed by atoms with E-state index in [1.165, 1.54) is 0 Å². The van der Waals surface area contributed by atoms with Crippen LogP contribution in [0.2, 0.25) is 5.02 Å². The lowest BCUT2D eigenvalue weighted by molar-refractivity contribution is 0.0314. The Morgan fingerprint density at radius 1 is 1.09 bits per heavy atom. The van der Waals surface area contributed by atoms with Crippen molar-refractivity contribution in [2.24, 2.45) is 0 Å². The highest BCUT2D eigenvalue weighted by atomic mass is 35.5. The van der Waals surface area contributed by atoms with Crippen molar-refractivity contribution in [2.45, 2.75) is 6.04 Å². The molecule has 1 atom stereocenters. The summed E-state index contributed by atoms with van der Waals surface area (Å²) in [5.74, 6) is 0.351. The molecule has 1 amide bonds. The van der Waals surface area contributed by atoms with Crippen molar-refractivity contribution in [1.29, 1.82) is 0 Å². The van der Waals surface area contributed by atoms with Gasteiger partial charge in [-0.05, 0) is 29.8 Å². The van der Waals surface area contributed by atoms with Gasteiger partial charge in [0.25, 0.3) is 5.91 Å². The van der Waals surface area contributed by atoms with E-state index in [1.54, 1.807) is 42.3 Å². The molecule has 2 aliphatic rings. The third kappa shape index (κ3) is 3.66. The summed E-state index contributed by atoms with van der Waals surface area (Å²) in [6, 6.07) is 11.8. The van der Waals surface area contributed by atoms with Crippen molar-refractivity contribution in [3.63, 3.8) is 0 Å². The molecule has 1 fully saturated rings. The topological polar surface area (TPSA) is 72.2 Å². The van der Waals surface area contributed by atoms with Crippen molar-refractivity contribution in [3.05, 3.63) is 74.6 Å². The molecule has 8 heteroatoms. The minimum absolute atomic E-state index is 0.0858. The molecule has 0 N–H and O–H groups in total. The minimum Gasteiger partial charge on any atom is -0.497 e. The number of amides is 1. The lowest BCUT2D eigenvalue weighted by Crippen LogP contribution is -2.42. The highest BCUT2D eigenvalue weighted by Gasteiger charge is 2.42. The van der Waals surface area contributed by atoms with E-state index in [0.717, 1.165) is 18.7 Å². The van der Waals surface area contributed by atoms with E-state index < -0.39 is 6.04 Å². The van der Waals surface area contributed by atoms with Crippen LogP contribution in [0.3, 0.4) is 0 Å². The first-order valence-corrected chi connectivity index (χ1v) is 11.0. The predicted molar refractivity (Wildman–Crippen MR) is 121 cm³/mol. The van der Waals surface area contributed by atoms with E-state index >= 15 is 0 Å². The smallest absolute Gasteiger partial charge is 0.290 e. The zero-order valence-electron chi connectivity index (χ0n) is 17.7. The van der Waals surface area contributed by atoms with Crippen molar-refractivity contribution >= 4 is 28.5 Å². The number of carbonyl (C=O) groups excluding carboxylic acids is 1. The van der Waals surface area contributed by atoms with Crippen LogP contribution in [0.1, 0.15) is 27.7 Å². The summed E-state index contributed by atoms with van der Waals surface area (Å²) >= 11 is 6.26. The molecule has 0 aliphatic carbocycles. The molecule has 0 radical (unpaired) electrons. The Morgan fingerprint density at radius 2 is 1.91 bits per heavy atom. The molecular formula is C24H23ClN2O5. The van der Waals surface area contributed by atoms with Crippen molar-refractivity contribution in [2.75, 3.05) is 46.5 Å². The third-order valence-corrected chi connectivity index (χ3v) is 6.34. The molecule has 1 saturated heterocycles. The summed E-state index contributed by atoms with van der Waals surface area (Å²) in [6.45, 7) is 4.13. The van der Waals surface area contributed by atoms with Gasteiger partial charge in [-0.1, -0.05) is 23.7 Å². The maximum Gasteiger partial charge on any atom is 0.290 e. The average molecular weight is 455 g/mol. The zero-order valence-corrected chi connectivity index (χ0v) is 18.4. The molecule has 166 valence electrons. The SMILES string of the molecule is COc1ccc2c(=O)c3c(oc2c1)C(=O)N(CCN1CCOCC1)C3c1cccc(Cl)c1. The van der Waals surface area contributed by atoms with Crippen LogP contribution in [0.25, 0.3) is 11.0 Å². The molecule has 5 rings (SSSR count). The van der Waals surface area contributed by atoms with Crippen LogP contribution in [-0.2, 0) is 4.74 Å². The molecule has 3 heterocycles. The second-order valence-electron chi connectivity index (χ2n) is 7.95. The lowest BCUT2D eigenvalue weighted by atomic mass is 9.98. The first-order chi connectivity index (χ1) is 15.6. The van der Waals surface area contributed by atoms with Crippen LogP contribution in [-0.4, -0.2) is 62.2 Å². The van der Waals surface area contributed by atoms with Gasteiger partial charge >= 0.3 is 0 Å². The molecule has 1 unspecified atom stereocenters. The van der Waals surface area contributed by atoms with Gasteiger partial charge in [-0.25, -0.2) is 0 Å². The van der Waals surface area contributed by atoms with Gasteiger partial charge in [-0.3, -0.25) is 14.5 Å². The molecule has 2 aliphatic heterocycles. The number of methoxy groups -OCH3 is 1. The van der Waals surface area contributed by atoms with E-state index in [-0.39, 0.29) is 17.1 Å². The summed E-state index contributed by atoms with van der Waals surface area (Å²) in [5, 5.41) is 0.964. The first-order valence-electron chi connectivity index (χ1n) is 10.6. The van der Waals surface area contributed by atoms with E-state index in [1.807, 2.05) is 12.1 Å². The summed E-state index contributed by atoms with van der Waals surface area (Å²) in [5.41, 5.74) is 1.26. The van der Waals surface area contributed by atoms with Gasteiger partial charge in [0.05, 0.1) is 37.3 Å². The Hall–Kier alpha value is -2.87. The average Bonchev–Trinajstić information content (AvgIpc) is 3.10. The van der Waals surface area contributed by atoms with Gasteiger partial charge in [0.2, 0.25) is 5.76 Å². The normalized spacial score (nSPS) is 18.9. The van der Waals surface area contributed by atoms with Gasteiger partial charge in [0.1, 0.15) is 11.3 Å². The number of hydrogen-bond donors (Lipinski definition) is 0. The second-order valence-corrected chi connectivity index (χ2v) is 8.38. The number of ether oxygens (including phenoxy) is 2. The number of halogens is 1. The number of carbonyl (C=O) groups is 1. The van der Waals surface area contributed by atoms with Crippen LogP contribution in [0.5, 0.6) is 5.75 Å². The van der Waals surface area contributed by atoms with E-state index in [9.17, 15) is 9.59 Å². The Bertz CT molecular complexity index is 1230. The lowest BCUT2D eigenvalue weighted by Gasteiger charge is -2.31. The summed E-state index contributed by atoms with van der Waals surface area (Å²) < 4.78 is 16.7. The molecule has 3 aromatic rings. The predicted octanol–water partition coefficient (Wildman–Crippen LogP) is 3.33. The van der Waals surface area contributed by atoms with Crippen molar-refractivity contribution in [3.8, 4) is 5.75 Å². The largest absolute Gasteiger partial charge is 0.497 e. The first kappa shape index (κ1) is 21.0. The standard InChI is InChI=1S/C24H23ClN2O5/c1-30-17-5-6-18-19(14-17)32-23-20(22(18)28)21(15-3-2-4-16(25)13-15)27(24(23)29)8-7-26-9-11-31-12-10-26/h2-6,13-14,21H,7-12H2,1H3. The van der Waals surface area contributed by atoms with E-state index in [4.69, 9.17) is 25.5 Å². The van der Waals surface area contributed by atoms with E-state index in [2.05, 4.69) is 4.90 Å². The number of hydrogen-bond acceptors (Lipinski definition) is 6. The Kier molecular flexibility index (Phi) is 5.63. The minimum atomic E-state index is -0.556. The fourth-order valence-electron chi connectivity index (χ4n) is 4.45. The van der Waals surface area contributed by atoms with Crippen LogP contribution in [0.15, 0.2) is 51.7 Å². The summed E-state index contributed by atoms with van der Waals surface area (Å²) in [4.78, 5) is 31.0. The third-order valence-electron chi connectivity index (χ3n) is 6.10. The van der Waals surface area contributed by atoms with Gasteiger partial charge < -0.3 is 18.8 Å². The molecule has 2 aromatic carbocycles. The Labute approximate surface area is 190 Å². The number of morpholine rings is 1. The van der Waals surface area contributed by atoms with Crippen LogP contribution < -0.4 is 10.2 Å². The van der Waals surface area contributed by atoms with Gasteiger partial charge in [-0.2, -0.15) is 0 Å². The Balaban J connectivity index is 1.61. The highest BCUT2D eigenvalue weighted by molar-refractivity contribution is 6.30. The molecule has 0 spiro atoms. The zero-order chi connectivity index (χ0) is 22.2. The molecular weight excluding hydrogens is 432 g/mol. The molecule has 7 nitrogen and oxygen atoms in total. The number of benzene rings is 2. The maximum absolute atomic E-state index is 13.5. The number of fused-ring (bicyclic) bond motifs is 2. The van der Waals surface area contributed by atoms with Crippen LogP contribution in [0.4, 0.5) is 0 Å². The quantitative estimate of drug-likeness (QED) is 0.589. The number of rotatable bonds is 5.